The molecule has 2 bridgehead atoms. The van der Waals surface area contributed by atoms with Crippen LogP contribution in [-0.2, 0) is 31.7 Å². The normalized spacial score (nSPS) is 23.6. The molecule has 3 aromatic rings. The van der Waals surface area contributed by atoms with Gasteiger partial charge in [0.2, 0.25) is 5.91 Å². The molecule has 0 radical (unpaired) electrons. The Morgan fingerprint density at radius 2 is 1.57 bits per heavy atom. The first kappa shape index (κ1) is 33.4. The van der Waals surface area contributed by atoms with Crippen molar-refractivity contribution in [2.24, 2.45) is 0 Å². The fourth-order valence-corrected chi connectivity index (χ4v) is 7.60. The Morgan fingerprint density at radius 3 is 2.23 bits per heavy atom. The molecule has 0 spiro atoms. The van der Waals surface area contributed by atoms with Gasteiger partial charge in [-0.2, -0.15) is 0 Å². The van der Waals surface area contributed by atoms with Gasteiger partial charge in [0.25, 0.3) is 0 Å². The number of carbonyl (C=O) groups excluding carboxylic acids is 2. The van der Waals surface area contributed by atoms with E-state index in [9.17, 15) is 9.59 Å². The van der Waals surface area contributed by atoms with Gasteiger partial charge in [-0.15, -0.1) is 0 Å². The Kier molecular flexibility index (Phi) is 9.63. The highest BCUT2D eigenvalue weighted by Crippen LogP contribution is 2.48. The average Bonchev–Trinajstić information content (AvgIpc) is 3.80. The lowest BCUT2D eigenvalue weighted by Gasteiger charge is -2.37. The van der Waals surface area contributed by atoms with Crippen molar-refractivity contribution in [3.63, 3.8) is 0 Å². The summed E-state index contributed by atoms with van der Waals surface area (Å²) in [4.78, 5) is 28.2. The number of benzene rings is 3. The van der Waals surface area contributed by atoms with Crippen LogP contribution in [0.4, 0.5) is 16.2 Å². The van der Waals surface area contributed by atoms with Gasteiger partial charge in [-0.05, 0) is 79.0 Å². The molecule has 47 heavy (non-hydrogen) atoms. The third-order valence-corrected chi connectivity index (χ3v) is 15.0. The lowest BCUT2D eigenvalue weighted by molar-refractivity contribution is -0.116. The van der Waals surface area contributed by atoms with E-state index in [-0.39, 0.29) is 17.0 Å². The van der Waals surface area contributed by atoms with E-state index in [1.54, 1.807) is 0 Å². The molecule has 2 N–H and O–H groups in total. The molecule has 4 unspecified atom stereocenters. The highest BCUT2D eigenvalue weighted by molar-refractivity contribution is 6.74. The summed E-state index contributed by atoms with van der Waals surface area (Å²) in [6.07, 6.45) is 3.53. The number of amides is 2. The molecule has 0 aromatic heterocycles. The van der Waals surface area contributed by atoms with Crippen LogP contribution >= 0.6 is 0 Å². The second kappa shape index (κ2) is 13.5. The minimum Gasteiger partial charge on any atom is -0.446 e. The summed E-state index contributed by atoms with van der Waals surface area (Å²) in [6.45, 7) is 11.8. The number of carbonyl (C=O) groups is 2. The fourth-order valence-electron chi connectivity index (χ4n) is 6.64. The number of hydrogen-bond donors (Lipinski definition) is 2. The summed E-state index contributed by atoms with van der Waals surface area (Å²) in [6, 6.07) is 24.7. The zero-order valence-corrected chi connectivity index (χ0v) is 29.5. The van der Waals surface area contributed by atoms with Crippen molar-refractivity contribution in [3.8, 4) is 11.1 Å². The molecule has 8 nitrogen and oxygen atoms in total. The van der Waals surface area contributed by atoms with Crippen LogP contribution in [0.25, 0.3) is 11.1 Å². The summed E-state index contributed by atoms with van der Waals surface area (Å²) in [7, 11) is 0.329. The van der Waals surface area contributed by atoms with Crippen LogP contribution in [0.15, 0.2) is 72.8 Å². The van der Waals surface area contributed by atoms with Crippen molar-refractivity contribution in [3.05, 3.63) is 83.9 Å². The number of hydrogen-bond acceptors (Lipinski definition) is 6. The maximum Gasteiger partial charge on any atom is 0.411 e. The van der Waals surface area contributed by atoms with Crippen molar-refractivity contribution in [1.29, 1.82) is 0 Å². The van der Waals surface area contributed by atoms with Crippen molar-refractivity contribution in [2.75, 3.05) is 17.7 Å². The number of rotatable bonds is 11. The predicted octanol–water partition coefficient (Wildman–Crippen LogP) is 8.00. The molecule has 3 aliphatic rings. The van der Waals surface area contributed by atoms with Gasteiger partial charge in [0.05, 0.1) is 12.3 Å². The van der Waals surface area contributed by atoms with E-state index in [0.717, 1.165) is 47.2 Å². The van der Waals surface area contributed by atoms with E-state index in [0.29, 0.717) is 49.4 Å². The molecular weight excluding hydrogens is 607 g/mol. The summed E-state index contributed by atoms with van der Waals surface area (Å²) in [5.74, 6) is -0.00852. The first-order valence-electron chi connectivity index (χ1n) is 16.9. The minimum absolute atomic E-state index is 0.00852. The van der Waals surface area contributed by atoms with Crippen molar-refractivity contribution in [2.45, 2.75) is 108 Å². The number of epoxide rings is 1. The molecule has 250 valence electrons. The van der Waals surface area contributed by atoms with Gasteiger partial charge in [0.1, 0.15) is 18.3 Å². The van der Waals surface area contributed by atoms with E-state index in [2.05, 4.69) is 62.5 Å². The first-order chi connectivity index (χ1) is 22.4. The van der Waals surface area contributed by atoms with Gasteiger partial charge < -0.3 is 19.2 Å². The van der Waals surface area contributed by atoms with Gasteiger partial charge in [-0.3, -0.25) is 15.0 Å². The number of anilines is 2. The van der Waals surface area contributed by atoms with Gasteiger partial charge in [0, 0.05) is 42.6 Å². The van der Waals surface area contributed by atoms with Gasteiger partial charge in [-0.1, -0.05) is 69.3 Å². The van der Waals surface area contributed by atoms with E-state index in [4.69, 9.17) is 13.9 Å². The predicted molar refractivity (Wildman–Crippen MR) is 189 cm³/mol. The van der Waals surface area contributed by atoms with Crippen LogP contribution in [-0.4, -0.2) is 62.7 Å². The molecule has 0 aliphatic carbocycles. The molecule has 2 amide bonds. The summed E-state index contributed by atoms with van der Waals surface area (Å²) in [5.41, 5.74) is 5.65. The van der Waals surface area contributed by atoms with E-state index in [1.165, 1.54) is 0 Å². The van der Waals surface area contributed by atoms with Crippen LogP contribution in [0, 0.1) is 0 Å². The highest BCUT2D eigenvalue weighted by Gasteiger charge is 2.62. The number of nitrogens with one attached hydrogen (secondary N) is 2. The average molecular weight is 656 g/mol. The number of likely N-dealkylation sites (N-methyl/N-ethyl adjacent to an activating group) is 1. The Morgan fingerprint density at radius 1 is 0.915 bits per heavy atom. The number of fused-ring (bicyclic) bond motifs is 5. The topological polar surface area (TPSA) is 92.4 Å². The number of piperidine rings is 1. The van der Waals surface area contributed by atoms with Crippen molar-refractivity contribution >= 4 is 31.7 Å². The highest BCUT2D eigenvalue weighted by atomic mass is 28.4. The molecular formula is C38H49N3O5Si. The maximum atomic E-state index is 13.1. The lowest BCUT2D eigenvalue weighted by Crippen LogP contribution is -2.48. The molecule has 3 aromatic carbocycles. The molecule has 3 saturated heterocycles. The van der Waals surface area contributed by atoms with Crippen LogP contribution < -0.4 is 10.6 Å². The van der Waals surface area contributed by atoms with Crippen molar-refractivity contribution in [1.82, 2.24) is 4.90 Å². The molecule has 3 aliphatic heterocycles. The molecule has 3 fully saturated rings. The van der Waals surface area contributed by atoms with Crippen LogP contribution in [0.2, 0.25) is 18.1 Å². The largest absolute Gasteiger partial charge is 0.446 e. The van der Waals surface area contributed by atoms with Crippen LogP contribution in [0.3, 0.4) is 0 Å². The molecule has 3 heterocycles. The minimum atomic E-state index is -1.82. The monoisotopic (exact) mass is 655 g/mol. The summed E-state index contributed by atoms with van der Waals surface area (Å²) >= 11 is 0. The number of ether oxygens (including phenoxy) is 2. The van der Waals surface area contributed by atoms with E-state index >= 15 is 0 Å². The van der Waals surface area contributed by atoms with E-state index in [1.807, 2.05) is 66.7 Å². The van der Waals surface area contributed by atoms with E-state index < -0.39 is 14.4 Å². The second-order valence-electron chi connectivity index (χ2n) is 14.9. The van der Waals surface area contributed by atoms with Crippen LogP contribution in [0.5, 0.6) is 0 Å². The lowest BCUT2D eigenvalue weighted by atomic mass is 9.98. The summed E-state index contributed by atoms with van der Waals surface area (Å²) in [5, 5.41) is 6.21. The SMILES string of the molecule is CN1C2CC(OC(=O)Nc3ccc(CCCC(=O)Nc4ccc(CO[Si](C)(C)C(C)(C)C)cc4)cc3-c3ccccc3)CC1C1OC12. The Labute approximate surface area is 280 Å². The van der Waals surface area contributed by atoms with Crippen molar-refractivity contribution < 1.29 is 23.5 Å². The third-order valence-electron chi connectivity index (χ3n) is 10.6. The molecule has 0 saturated carbocycles. The number of morpholine rings is 1. The smallest absolute Gasteiger partial charge is 0.411 e. The molecule has 9 heteroatoms. The third kappa shape index (κ3) is 7.80. The maximum absolute atomic E-state index is 13.1. The zero-order valence-electron chi connectivity index (χ0n) is 28.5. The van der Waals surface area contributed by atoms with Gasteiger partial charge >= 0.3 is 6.09 Å². The Balaban J connectivity index is 1.01. The van der Waals surface area contributed by atoms with Gasteiger partial charge in [-0.25, -0.2) is 4.79 Å². The molecule has 6 rings (SSSR count). The quantitative estimate of drug-likeness (QED) is 0.161. The van der Waals surface area contributed by atoms with Crippen LogP contribution in [0.1, 0.15) is 57.6 Å². The first-order valence-corrected chi connectivity index (χ1v) is 19.8. The Bertz CT molecular complexity index is 1550. The molecule has 4 atom stereocenters. The fraction of sp³-hybridized carbons (Fsp3) is 0.474. The summed E-state index contributed by atoms with van der Waals surface area (Å²) < 4.78 is 18.0. The zero-order chi connectivity index (χ0) is 33.3. The second-order valence-corrected chi connectivity index (χ2v) is 19.7. The standard InChI is InChI=1S/C38H49N3O5Si/c1-38(2,3)47(5,6)44-24-26-15-18-28(19-16-26)39-34(42)14-10-11-25-17-20-31(30(21-25)27-12-8-7-9-13-27)40-37(43)45-29-22-32-35-36(46-35)33(23-29)41(32)4/h7-9,12-13,15-21,29,32-33,35-36H,10-11,14,22-24H2,1-6H3,(H,39,42)(H,40,43). The number of aryl methyl sites for hydroxylation is 1. The number of nitrogens with zero attached hydrogens (tertiary/aromatic N) is 1. The van der Waals surface area contributed by atoms with Gasteiger partial charge in [0.15, 0.2) is 8.32 Å². The Hall–Kier alpha value is -3.50.